The maximum atomic E-state index is 6.20. The van der Waals surface area contributed by atoms with Crippen molar-refractivity contribution in [3.05, 3.63) is 18.5 Å². The molecule has 0 spiro atoms. The van der Waals surface area contributed by atoms with E-state index in [1.54, 1.807) is 0 Å². The molecule has 142 valence electrons. The smallest absolute Gasteiger partial charge is 0.399 e. The first-order valence-electron chi connectivity index (χ1n) is 9.53. The third kappa shape index (κ3) is 3.35. The number of hydrogen-bond donors (Lipinski definition) is 1. The average Bonchev–Trinajstić information content (AvgIpc) is 3.14. The van der Waals surface area contributed by atoms with E-state index in [2.05, 4.69) is 48.6 Å². The summed E-state index contributed by atoms with van der Waals surface area (Å²) in [6, 6.07) is 2.17. The number of hydrogen-bond acceptors (Lipinski definition) is 5. The van der Waals surface area contributed by atoms with Gasteiger partial charge in [0.05, 0.1) is 36.3 Å². The molecule has 2 aromatic heterocycles. The lowest BCUT2D eigenvalue weighted by Gasteiger charge is -2.32. The molecule has 6 nitrogen and oxygen atoms in total. The van der Waals surface area contributed by atoms with Crippen molar-refractivity contribution in [2.75, 3.05) is 31.2 Å². The number of H-pyrrole nitrogens is 1. The van der Waals surface area contributed by atoms with E-state index in [0.29, 0.717) is 0 Å². The average molecular weight is 359 g/mol. The zero-order valence-corrected chi connectivity index (χ0v) is 16.8. The first-order valence-corrected chi connectivity index (χ1v) is 9.53. The Bertz CT molecular complexity index is 738. The first-order chi connectivity index (χ1) is 12.4. The fourth-order valence-electron chi connectivity index (χ4n) is 3.17. The second-order valence-corrected chi connectivity index (χ2v) is 7.52. The maximum absolute atomic E-state index is 6.20. The third-order valence-corrected chi connectivity index (χ3v) is 5.43. The van der Waals surface area contributed by atoms with Gasteiger partial charge >= 0.3 is 7.12 Å². The molecule has 2 aliphatic heterocycles. The lowest BCUT2D eigenvalue weighted by atomic mass is 9.79. The highest BCUT2D eigenvalue weighted by Gasteiger charge is 2.52. The molecule has 7 heteroatoms. The molecule has 0 saturated carbocycles. The second-order valence-electron chi connectivity index (χ2n) is 7.52. The third-order valence-electron chi connectivity index (χ3n) is 5.43. The minimum absolute atomic E-state index is 0.351. The summed E-state index contributed by atoms with van der Waals surface area (Å²) in [7, 11) is -0.384. The van der Waals surface area contributed by atoms with Gasteiger partial charge < -0.3 is 23.9 Å². The van der Waals surface area contributed by atoms with Crippen LogP contribution in [0.1, 0.15) is 41.5 Å². The molecule has 0 bridgehead atoms. The maximum Gasteiger partial charge on any atom is 0.497 e. The number of fused-ring (bicyclic) bond motifs is 1. The Kier molecular flexibility index (Phi) is 5.33. The number of rotatable bonds is 2. The van der Waals surface area contributed by atoms with E-state index in [1.807, 2.05) is 26.2 Å². The molecule has 0 atom stereocenters. The number of pyridine rings is 1. The van der Waals surface area contributed by atoms with E-state index in [4.69, 9.17) is 14.0 Å². The Hall–Kier alpha value is -1.57. The van der Waals surface area contributed by atoms with Gasteiger partial charge in [-0.2, -0.15) is 0 Å². The fraction of sp³-hybridized carbons (Fsp3) is 0.632. The van der Waals surface area contributed by atoms with Crippen molar-refractivity contribution in [1.29, 1.82) is 0 Å². The number of nitrogens with one attached hydrogen (secondary N) is 1. The number of aromatic nitrogens is 2. The Morgan fingerprint density at radius 1 is 1.08 bits per heavy atom. The molecule has 2 saturated heterocycles. The summed E-state index contributed by atoms with van der Waals surface area (Å²) in [5, 5.41) is 1.05. The molecule has 2 fully saturated rings. The van der Waals surface area contributed by atoms with Gasteiger partial charge in [-0.1, -0.05) is 13.8 Å². The van der Waals surface area contributed by atoms with Crippen LogP contribution in [-0.2, 0) is 14.0 Å². The lowest BCUT2D eigenvalue weighted by Crippen LogP contribution is -2.41. The van der Waals surface area contributed by atoms with Gasteiger partial charge in [-0.25, -0.2) is 4.98 Å². The van der Waals surface area contributed by atoms with Gasteiger partial charge in [0, 0.05) is 30.1 Å². The Morgan fingerprint density at radius 2 is 1.69 bits per heavy atom. The van der Waals surface area contributed by atoms with Crippen LogP contribution in [-0.4, -0.2) is 54.6 Å². The highest BCUT2D eigenvalue weighted by atomic mass is 16.7. The van der Waals surface area contributed by atoms with Crippen molar-refractivity contribution in [1.82, 2.24) is 9.97 Å². The van der Waals surface area contributed by atoms with Crippen LogP contribution in [0.5, 0.6) is 0 Å². The number of ether oxygens (including phenoxy) is 1. The zero-order valence-electron chi connectivity index (χ0n) is 16.8. The number of aromatic amines is 1. The van der Waals surface area contributed by atoms with Crippen LogP contribution in [0.15, 0.2) is 18.5 Å². The summed E-state index contributed by atoms with van der Waals surface area (Å²) in [5.41, 5.74) is 2.28. The topological polar surface area (TPSA) is 59.6 Å². The minimum atomic E-state index is -0.384. The summed E-state index contributed by atoms with van der Waals surface area (Å²) in [6.07, 6.45) is 3.86. The summed E-state index contributed by atoms with van der Waals surface area (Å²) in [4.78, 5) is 10.1. The zero-order chi connectivity index (χ0) is 18.9. The summed E-state index contributed by atoms with van der Waals surface area (Å²) in [6.45, 7) is 15.6. The highest BCUT2D eigenvalue weighted by Crippen LogP contribution is 2.37. The van der Waals surface area contributed by atoms with Crippen LogP contribution >= 0.6 is 0 Å². The van der Waals surface area contributed by atoms with Crippen molar-refractivity contribution in [3.63, 3.8) is 0 Å². The summed E-state index contributed by atoms with van der Waals surface area (Å²) >= 11 is 0. The van der Waals surface area contributed by atoms with Gasteiger partial charge in [0.2, 0.25) is 0 Å². The normalized spacial score (nSPS) is 21.6. The molecule has 4 heterocycles. The van der Waals surface area contributed by atoms with Gasteiger partial charge in [-0.15, -0.1) is 0 Å². The predicted molar refractivity (Wildman–Crippen MR) is 106 cm³/mol. The van der Waals surface area contributed by atoms with E-state index < -0.39 is 0 Å². The van der Waals surface area contributed by atoms with E-state index in [1.165, 1.54) is 0 Å². The molecule has 0 aromatic carbocycles. The number of nitrogens with zero attached hydrogens (tertiary/aromatic N) is 2. The minimum Gasteiger partial charge on any atom is -0.399 e. The fourth-order valence-corrected chi connectivity index (χ4v) is 3.17. The van der Waals surface area contributed by atoms with Crippen molar-refractivity contribution < 1.29 is 14.0 Å². The molecule has 2 aliphatic rings. The standard InChI is InChI=1S/C17H24BN3O3.C2H6/c1-16(2)17(3,4)24-18(23-16)14-11-20-15-13(14)9-12(10-19-15)21-5-7-22-8-6-21;1-2/h9-11H,5-8H2,1-4H3,(H,19,20);1-2H3. The van der Waals surface area contributed by atoms with Gasteiger partial charge in [0.1, 0.15) is 5.65 Å². The van der Waals surface area contributed by atoms with Gasteiger partial charge in [-0.05, 0) is 33.8 Å². The molecular formula is C19H30BN3O3. The number of morpholine rings is 1. The van der Waals surface area contributed by atoms with Crippen LogP contribution in [0.2, 0.25) is 0 Å². The largest absolute Gasteiger partial charge is 0.497 e. The molecule has 0 unspecified atom stereocenters. The molecule has 1 N–H and O–H groups in total. The van der Waals surface area contributed by atoms with E-state index in [0.717, 1.165) is 48.5 Å². The van der Waals surface area contributed by atoms with E-state index in [9.17, 15) is 0 Å². The van der Waals surface area contributed by atoms with Crippen molar-refractivity contribution in [2.45, 2.75) is 52.7 Å². The van der Waals surface area contributed by atoms with Crippen LogP contribution in [0.25, 0.3) is 11.0 Å². The van der Waals surface area contributed by atoms with Gasteiger partial charge in [0.15, 0.2) is 0 Å². The second kappa shape index (κ2) is 7.21. The van der Waals surface area contributed by atoms with E-state index in [-0.39, 0.29) is 18.3 Å². The molecule has 0 aliphatic carbocycles. The summed E-state index contributed by atoms with van der Waals surface area (Å²) in [5.74, 6) is 0. The van der Waals surface area contributed by atoms with Crippen molar-refractivity contribution >= 4 is 29.3 Å². The number of anilines is 1. The Balaban J connectivity index is 0.000000948. The van der Waals surface area contributed by atoms with Crippen molar-refractivity contribution in [2.24, 2.45) is 0 Å². The van der Waals surface area contributed by atoms with Gasteiger partial charge in [0.25, 0.3) is 0 Å². The molecular weight excluding hydrogens is 329 g/mol. The highest BCUT2D eigenvalue weighted by molar-refractivity contribution is 6.65. The molecule has 0 radical (unpaired) electrons. The molecule has 26 heavy (non-hydrogen) atoms. The summed E-state index contributed by atoms with van der Waals surface area (Å²) < 4.78 is 17.8. The predicted octanol–water partition coefficient (Wildman–Crippen LogP) is 2.72. The quantitative estimate of drug-likeness (QED) is 0.836. The Labute approximate surface area is 156 Å². The molecule has 2 aromatic rings. The van der Waals surface area contributed by atoms with E-state index >= 15 is 0 Å². The van der Waals surface area contributed by atoms with Crippen LogP contribution < -0.4 is 10.4 Å². The first kappa shape index (κ1) is 19.2. The van der Waals surface area contributed by atoms with Crippen LogP contribution in [0, 0.1) is 0 Å². The molecule has 0 amide bonds. The van der Waals surface area contributed by atoms with Crippen LogP contribution in [0.4, 0.5) is 5.69 Å². The monoisotopic (exact) mass is 359 g/mol. The van der Waals surface area contributed by atoms with Crippen molar-refractivity contribution in [3.8, 4) is 0 Å². The lowest BCUT2D eigenvalue weighted by molar-refractivity contribution is 0.00578. The van der Waals surface area contributed by atoms with Crippen LogP contribution in [0.3, 0.4) is 0 Å². The SMILES string of the molecule is CC.CC1(C)OB(c2c[nH]c3ncc(N4CCOCC4)cc23)OC1(C)C. The molecule has 4 rings (SSSR count). The Morgan fingerprint density at radius 3 is 2.31 bits per heavy atom. The van der Waals surface area contributed by atoms with Gasteiger partial charge in [-0.3, -0.25) is 0 Å².